The van der Waals surface area contributed by atoms with Crippen molar-refractivity contribution in [2.45, 2.75) is 31.8 Å². The fraction of sp³-hybridized carbons (Fsp3) is 0.429. The van der Waals surface area contributed by atoms with E-state index in [-0.39, 0.29) is 10.6 Å². The molecule has 0 aromatic heterocycles. The summed E-state index contributed by atoms with van der Waals surface area (Å²) in [5.41, 5.74) is 0.939. The van der Waals surface area contributed by atoms with Crippen molar-refractivity contribution in [2.75, 3.05) is 6.61 Å². The number of ether oxygens (including phenoxy) is 1. The molecule has 102 valence electrons. The molecule has 0 unspecified atom stereocenters. The highest BCUT2D eigenvalue weighted by molar-refractivity contribution is 5.43. The third kappa shape index (κ3) is 4.06. The molecule has 0 heterocycles. The quantitative estimate of drug-likeness (QED) is 0.338. The van der Waals surface area contributed by atoms with Gasteiger partial charge >= 0.3 is 0 Å². The van der Waals surface area contributed by atoms with Gasteiger partial charge in [0.25, 0.3) is 5.69 Å². The van der Waals surface area contributed by atoms with Gasteiger partial charge in [0, 0.05) is 30.3 Å². The van der Waals surface area contributed by atoms with Crippen molar-refractivity contribution in [1.82, 2.24) is 5.32 Å². The van der Waals surface area contributed by atoms with Crippen LogP contribution >= 0.6 is 0 Å². The van der Waals surface area contributed by atoms with Crippen LogP contribution in [0, 0.1) is 10.1 Å². The normalized spacial score (nSPS) is 14.1. The lowest BCUT2D eigenvalue weighted by atomic mass is 10.1. The van der Waals surface area contributed by atoms with Gasteiger partial charge in [-0.05, 0) is 25.3 Å². The average molecular weight is 262 g/mol. The Morgan fingerprint density at radius 2 is 2.32 bits per heavy atom. The summed E-state index contributed by atoms with van der Waals surface area (Å²) in [4.78, 5) is 10.4. The molecular formula is C14H18N2O3. The standard InChI is InChI=1S/C14H18N2O3/c1-2-3-8-19-14-7-6-13(16(17)18)9-11(14)10-15-12-4-5-12/h2,6-7,9,12,15H,1,3-5,8,10H2. The van der Waals surface area contributed by atoms with Crippen LogP contribution in [0.5, 0.6) is 5.75 Å². The summed E-state index contributed by atoms with van der Waals surface area (Å²) in [6.45, 7) is 4.78. The summed E-state index contributed by atoms with van der Waals surface area (Å²) in [7, 11) is 0. The second kappa shape index (κ2) is 6.33. The maximum absolute atomic E-state index is 10.8. The highest BCUT2D eigenvalue weighted by Gasteiger charge is 2.21. The van der Waals surface area contributed by atoms with Crippen molar-refractivity contribution in [1.29, 1.82) is 0 Å². The molecule has 1 aliphatic rings. The van der Waals surface area contributed by atoms with Gasteiger partial charge in [-0.1, -0.05) is 6.08 Å². The van der Waals surface area contributed by atoms with Crippen LogP contribution in [0.3, 0.4) is 0 Å². The van der Waals surface area contributed by atoms with Gasteiger partial charge in [-0.2, -0.15) is 0 Å². The van der Waals surface area contributed by atoms with E-state index in [1.807, 2.05) is 0 Å². The van der Waals surface area contributed by atoms with Gasteiger partial charge in [-0.3, -0.25) is 10.1 Å². The van der Waals surface area contributed by atoms with Crippen molar-refractivity contribution in [2.24, 2.45) is 0 Å². The van der Waals surface area contributed by atoms with E-state index in [4.69, 9.17) is 4.74 Å². The minimum absolute atomic E-state index is 0.101. The minimum Gasteiger partial charge on any atom is -0.493 e. The second-order valence-electron chi connectivity index (χ2n) is 4.63. The topological polar surface area (TPSA) is 64.4 Å². The Morgan fingerprint density at radius 1 is 1.53 bits per heavy atom. The van der Waals surface area contributed by atoms with Crippen LogP contribution in [-0.4, -0.2) is 17.6 Å². The van der Waals surface area contributed by atoms with Crippen LogP contribution < -0.4 is 10.1 Å². The van der Waals surface area contributed by atoms with Gasteiger partial charge < -0.3 is 10.1 Å². The fourth-order valence-corrected chi connectivity index (χ4v) is 1.75. The monoisotopic (exact) mass is 262 g/mol. The van der Waals surface area contributed by atoms with E-state index in [2.05, 4.69) is 11.9 Å². The van der Waals surface area contributed by atoms with Crippen LogP contribution in [0.15, 0.2) is 30.9 Å². The molecule has 1 N–H and O–H groups in total. The number of hydrogen-bond acceptors (Lipinski definition) is 4. The van der Waals surface area contributed by atoms with Crippen molar-refractivity contribution in [3.8, 4) is 5.75 Å². The Labute approximate surface area is 112 Å². The van der Waals surface area contributed by atoms with Gasteiger partial charge in [0.05, 0.1) is 11.5 Å². The maximum atomic E-state index is 10.8. The van der Waals surface area contributed by atoms with Crippen LogP contribution in [0.25, 0.3) is 0 Å². The third-order valence-corrected chi connectivity index (χ3v) is 2.99. The van der Waals surface area contributed by atoms with Crippen LogP contribution in [0.2, 0.25) is 0 Å². The molecule has 0 amide bonds. The van der Waals surface area contributed by atoms with E-state index < -0.39 is 0 Å². The molecule has 1 saturated carbocycles. The highest BCUT2D eigenvalue weighted by atomic mass is 16.6. The SMILES string of the molecule is C=CCCOc1ccc([N+](=O)[O-])cc1CNC1CC1. The van der Waals surface area contributed by atoms with Gasteiger partial charge in [0.1, 0.15) is 5.75 Å². The van der Waals surface area contributed by atoms with E-state index in [9.17, 15) is 10.1 Å². The molecule has 19 heavy (non-hydrogen) atoms. The molecule has 1 aromatic carbocycles. The number of benzene rings is 1. The Morgan fingerprint density at radius 3 is 2.95 bits per heavy atom. The number of nitrogens with one attached hydrogen (secondary N) is 1. The number of nitrogens with zero attached hydrogens (tertiary/aromatic N) is 1. The minimum atomic E-state index is -0.381. The Balaban J connectivity index is 2.08. The first-order chi connectivity index (χ1) is 9.20. The maximum Gasteiger partial charge on any atom is 0.270 e. The van der Waals surface area contributed by atoms with Gasteiger partial charge in [0.15, 0.2) is 0 Å². The molecule has 1 aromatic rings. The van der Waals surface area contributed by atoms with Gasteiger partial charge in [-0.25, -0.2) is 0 Å². The molecule has 5 nitrogen and oxygen atoms in total. The zero-order valence-corrected chi connectivity index (χ0v) is 10.8. The van der Waals surface area contributed by atoms with E-state index in [0.717, 1.165) is 12.0 Å². The third-order valence-electron chi connectivity index (χ3n) is 2.99. The van der Waals surface area contributed by atoms with Gasteiger partial charge in [-0.15, -0.1) is 6.58 Å². The Kier molecular flexibility index (Phi) is 4.52. The van der Waals surface area contributed by atoms with Crippen LogP contribution in [-0.2, 0) is 6.54 Å². The van der Waals surface area contributed by atoms with E-state index in [1.165, 1.54) is 18.9 Å². The zero-order valence-electron chi connectivity index (χ0n) is 10.8. The van der Waals surface area contributed by atoms with E-state index >= 15 is 0 Å². The lowest BCUT2D eigenvalue weighted by Gasteiger charge is -2.11. The average Bonchev–Trinajstić information content (AvgIpc) is 3.21. The zero-order chi connectivity index (χ0) is 13.7. The first-order valence-corrected chi connectivity index (χ1v) is 6.45. The summed E-state index contributed by atoms with van der Waals surface area (Å²) in [5, 5.41) is 14.2. The molecule has 5 heteroatoms. The molecule has 2 rings (SSSR count). The fourth-order valence-electron chi connectivity index (χ4n) is 1.75. The number of non-ortho nitro benzene ring substituents is 1. The summed E-state index contributed by atoms with van der Waals surface area (Å²) < 4.78 is 5.63. The Hall–Kier alpha value is -1.88. The first kappa shape index (κ1) is 13.5. The molecule has 0 aliphatic heterocycles. The van der Waals surface area contributed by atoms with Crippen molar-refractivity contribution in [3.63, 3.8) is 0 Å². The van der Waals surface area contributed by atoms with Gasteiger partial charge in [0.2, 0.25) is 0 Å². The van der Waals surface area contributed by atoms with Crippen LogP contribution in [0.4, 0.5) is 5.69 Å². The van der Waals surface area contributed by atoms with Crippen LogP contribution in [0.1, 0.15) is 24.8 Å². The summed E-state index contributed by atoms with van der Waals surface area (Å²) in [6, 6.07) is 5.29. The lowest BCUT2D eigenvalue weighted by Crippen LogP contribution is -2.16. The molecule has 0 saturated heterocycles. The molecular weight excluding hydrogens is 244 g/mol. The van der Waals surface area contributed by atoms with E-state index in [0.29, 0.717) is 24.9 Å². The second-order valence-corrected chi connectivity index (χ2v) is 4.63. The summed E-state index contributed by atoms with van der Waals surface area (Å²) in [6.07, 6.45) is 4.91. The molecule has 1 aliphatic carbocycles. The van der Waals surface area contributed by atoms with Crippen molar-refractivity contribution in [3.05, 3.63) is 46.5 Å². The molecule has 1 fully saturated rings. The molecule has 0 radical (unpaired) electrons. The highest BCUT2D eigenvalue weighted by Crippen LogP contribution is 2.26. The molecule has 0 atom stereocenters. The Bertz CT molecular complexity index is 470. The number of nitro groups is 1. The first-order valence-electron chi connectivity index (χ1n) is 6.45. The van der Waals surface area contributed by atoms with Crippen molar-refractivity contribution >= 4 is 5.69 Å². The van der Waals surface area contributed by atoms with Crippen molar-refractivity contribution < 1.29 is 9.66 Å². The van der Waals surface area contributed by atoms with E-state index in [1.54, 1.807) is 18.2 Å². The summed E-state index contributed by atoms with van der Waals surface area (Å²) in [5.74, 6) is 0.709. The molecule has 0 spiro atoms. The lowest BCUT2D eigenvalue weighted by molar-refractivity contribution is -0.384. The number of hydrogen-bond donors (Lipinski definition) is 1. The number of rotatable bonds is 8. The summed E-state index contributed by atoms with van der Waals surface area (Å²) >= 11 is 0. The molecule has 0 bridgehead atoms. The number of nitro benzene ring substituents is 1. The predicted octanol–water partition coefficient (Wildman–Crippen LogP) is 2.80. The predicted molar refractivity (Wildman–Crippen MR) is 73.3 cm³/mol. The smallest absolute Gasteiger partial charge is 0.270 e. The largest absolute Gasteiger partial charge is 0.493 e.